The maximum Gasteiger partial charge on any atom is 0.325 e. The van der Waals surface area contributed by atoms with Gasteiger partial charge < -0.3 is 20.7 Å². The van der Waals surface area contributed by atoms with Gasteiger partial charge in [-0.2, -0.15) is 0 Å². The summed E-state index contributed by atoms with van der Waals surface area (Å²) in [6, 6.07) is 23.3. The number of hydrogen-bond donors (Lipinski definition) is 3. The van der Waals surface area contributed by atoms with Crippen molar-refractivity contribution in [1.29, 1.82) is 0 Å². The Labute approximate surface area is 261 Å². The minimum Gasteiger partial charge on any atom is -0.496 e. The van der Waals surface area contributed by atoms with Crippen LogP contribution in [0.5, 0.6) is 0 Å². The molecular formula is C26H29N2O6Y2-. The van der Waals surface area contributed by atoms with Gasteiger partial charge in [-0.25, -0.2) is 5.06 Å². The molecular weight excluding hydrogens is 614 g/mol. The Morgan fingerprint density at radius 2 is 1.47 bits per heavy atom. The molecule has 0 saturated carbocycles. The van der Waals surface area contributed by atoms with Crippen LogP contribution >= 0.6 is 0 Å². The van der Waals surface area contributed by atoms with Gasteiger partial charge in [0.15, 0.2) is 0 Å². The summed E-state index contributed by atoms with van der Waals surface area (Å²) in [5, 5.41) is 28.1. The number of fused-ring (bicyclic) bond motifs is 3. The van der Waals surface area contributed by atoms with E-state index in [1.165, 1.54) is 22.3 Å². The molecule has 0 atom stereocenters. The van der Waals surface area contributed by atoms with Gasteiger partial charge in [-0.1, -0.05) is 66.2 Å². The molecule has 8 nitrogen and oxygen atoms in total. The van der Waals surface area contributed by atoms with Gasteiger partial charge in [-0.15, -0.1) is 6.54 Å². The molecule has 4 rings (SSSR count). The van der Waals surface area contributed by atoms with Crippen LogP contribution in [0.25, 0.3) is 16.6 Å². The molecule has 0 saturated heterocycles. The number of hydrogen-bond acceptors (Lipinski definition) is 6. The summed E-state index contributed by atoms with van der Waals surface area (Å²) in [7, 11) is 0. The molecule has 0 spiro atoms. The number of hydroxylamine groups is 2. The molecule has 0 bridgehead atoms. The fourth-order valence-corrected chi connectivity index (χ4v) is 3.67. The number of carbonyl (C=O) groups is 1. The van der Waals surface area contributed by atoms with Crippen molar-refractivity contribution in [2.24, 2.45) is 0 Å². The van der Waals surface area contributed by atoms with E-state index < -0.39 is 12.5 Å². The van der Waals surface area contributed by atoms with Gasteiger partial charge in [0.05, 0.1) is 18.4 Å². The van der Waals surface area contributed by atoms with E-state index in [9.17, 15) is 15.1 Å². The molecule has 0 fully saturated rings. The van der Waals surface area contributed by atoms with Gasteiger partial charge in [0.2, 0.25) is 0 Å². The van der Waals surface area contributed by atoms with Crippen molar-refractivity contribution in [1.82, 2.24) is 0 Å². The number of aliphatic hydroxyl groups is 1. The molecule has 0 amide bonds. The Morgan fingerprint density at radius 1 is 0.944 bits per heavy atom. The molecule has 1 aliphatic rings. The second-order valence-electron chi connectivity index (χ2n) is 8.03. The van der Waals surface area contributed by atoms with E-state index in [-0.39, 0.29) is 84.0 Å². The Hall–Kier alpha value is -1.06. The molecule has 2 radical (unpaired) electrons. The second kappa shape index (κ2) is 16.7. The van der Waals surface area contributed by atoms with Gasteiger partial charge >= 0.3 is 5.97 Å². The summed E-state index contributed by atoms with van der Waals surface area (Å²) in [6.45, 7) is 3.66. The van der Waals surface area contributed by atoms with E-state index in [2.05, 4.69) is 46.9 Å². The minimum absolute atomic E-state index is 0. The minimum atomic E-state index is -1.11. The molecule has 3 N–H and O–H groups in total. The number of carboxylic acid groups (broad SMARTS) is 1. The van der Waals surface area contributed by atoms with Crippen LogP contribution in [0.1, 0.15) is 36.5 Å². The van der Waals surface area contributed by atoms with Crippen LogP contribution in [-0.4, -0.2) is 40.6 Å². The van der Waals surface area contributed by atoms with Crippen molar-refractivity contribution in [3.63, 3.8) is 0 Å². The maximum absolute atomic E-state index is 10.4. The molecule has 0 heterocycles. The van der Waals surface area contributed by atoms with Crippen LogP contribution in [0.4, 0.5) is 5.69 Å². The van der Waals surface area contributed by atoms with Crippen molar-refractivity contribution in [3.8, 4) is 11.1 Å². The first-order chi connectivity index (χ1) is 16.4. The van der Waals surface area contributed by atoms with E-state index in [1.54, 1.807) is 24.3 Å². The zero-order valence-electron chi connectivity index (χ0n) is 20.3. The number of nitrogens with zero attached hydrogens (tertiary/aromatic N) is 2. The molecule has 186 valence electrons. The first kappa shape index (κ1) is 33.0. The van der Waals surface area contributed by atoms with Crippen molar-refractivity contribution in [3.05, 3.63) is 95.0 Å². The number of aliphatic carboxylic acids is 1. The molecule has 3 aromatic carbocycles. The molecule has 1 aliphatic carbocycles. The summed E-state index contributed by atoms with van der Waals surface area (Å²) >= 11 is 0. The van der Waals surface area contributed by atoms with Gasteiger partial charge in [0, 0.05) is 71.3 Å². The van der Waals surface area contributed by atoms with Crippen LogP contribution in [0.2, 0.25) is 0 Å². The molecule has 0 aromatic heterocycles. The summed E-state index contributed by atoms with van der Waals surface area (Å²) in [5.41, 5.74) is 10.00. The molecule has 36 heavy (non-hydrogen) atoms. The van der Waals surface area contributed by atoms with Crippen LogP contribution in [-0.2, 0) is 86.6 Å². The monoisotopic (exact) mass is 643 g/mol. The fourth-order valence-electron chi connectivity index (χ4n) is 3.67. The van der Waals surface area contributed by atoms with E-state index in [1.807, 2.05) is 26.0 Å². The van der Waals surface area contributed by atoms with Crippen LogP contribution in [0.3, 0.4) is 0 Å². The summed E-state index contributed by atoms with van der Waals surface area (Å²) < 4.78 is 0. The number of aliphatic hydroxyl groups excluding tert-OH is 1. The normalized spacial score (nSPS) is 11.4. The number of carboxylic acids is 1. The van der Waals surface area contributed by atoms with Crippen molar-refractivity contribution >= 4 is 11.7 Å². The molecule has 3 aromatic rings. The van der Waals surface area contributed by atoms with Crippen molar-refractivity contribution < 1.29 is 95.5 Å². The molecule has 0 unspecified atom stereocenters. The maximum atomic E-state index is 10.4. The summed E-state index contributed by atoms with van der Waals surface area (Å²) in [6.07, 6.45) is -0.0647. The van der Waals surface area contributed by atoms with Crippen LogP contribution in [0.15, 0.2) is 72.8 Å². The van der Waals surface area contributed by atoms with Gasteiger partial charge in [-0.3, -0.25) is 14.9 Å². The summed E-state index contributed by atoms with van der Waals surface area (Å²) in [4.78, 5) is 19.8. The van der Waals surface area contributed by atoms with Crippen LogP contribution in [0, 0.1) is 0 Å². The van der Waals surface area contributed by atoms with Gasteiger partial charge in [0.1, 0.15) is 6.54 Å². The second-order valence-corrected chi connectivity index (χ2v) is 8.03. The average Bonchev–Trinajstić information content (AvgIpc) is 3.16. The Morgan fingerprint density at radius 3 is 1.94 bits per heavy atom. The average molecular weight is 643 g/mol. The zero-order chi connectivity index (χ0) is 24.5. The Balaban J connectivity index is 0.000000347. The number of rotatable bonds is 9. The first-order valence-corrected chi connectivity index (χ1v) is 11.0. The van der Waals surface area contributed by atoms with E-state index in [0.717, 1.165) is 5.56 Å². The third-order valence-corrected chi connectivity index (χ3v) is 5.20. The third kappa shape index (κ3) is 9.35. The number of benzene rings is 3. The smallest absolute Gasteiger partial charge is 0.325 e. The van der Waals surface area contributed by atoms with E-state index >= 15 is 0 Å². The standard InChI is InChI=1S/C14H12O.C12H17N2O5.2Y/c15-9-14-12-7-3-1-5-10(12)11-6-2-4-8-13(11)14;1-9(2)18-19-13-7-10-3-5-11(6-4-10)14(17)8-12(15)16;;/h1-8,14-15H,9H2;3-6,9,17H,7-8H2,1-2H3,(H,15,16);;/q;-1;;. The molecule has 0 aliphatic heterocycles. The van der Waals surface area contributed by atoms with Crippen LogP contribution < -0.4 is 5.06 Å². The van der Waals surface area contributed by atoms with Crippen molar-refractivity contribution in [2.45, 2.75) is 32.4 Å². The zero-order valence-corrected chi connectivity index (χ0v) is 26.0. The fraction of sp³-hybridized carbons (Fsp3) is 0.269. The Bertz CT molecular complexity index is 1040. The van der Waals surface area contributed by atoms with Crippen molar-refractivity contribution in [2.75, 3.05) is 18.2 Å². The number of anilines is 1. The summed E-state index contributed by atoms with van der Waals surface area (Å²) in [5.74, 6) is -0.946. The van der Waals surface area contributed by atoms with E-state index in [0.29, 0.717) is 17.3 Å². The third-order valence-electron chi connectivity index (χ3n) is 5.20. The molecule has 10 heteroatoms. The topological polar surface area (TPSA) is 114 Å². The van der Waals surface area contributed by atoms with Gasteiger partial charge in [0.25, 0.3) is 0 Å². The van der Waals surface area contributed by atoms with E-state index in [4.69, 9.17) is 9.99 Å². The quantitative estimate of drug-likeness (QED) is 0.173. The first-order valence-electron chi connectivity index (χ1n) is 11.0. The largest absolute Gasteiger partial charge is 0.496 e. The van der Waals surface area contributed by atoms with Gasteiger partial charge in [-0.05, 0) is 48.2 Å². The Kier molecular flexibility index (Phi) is 15.3. The SMILES string of the molecule is CC(C)OO[N-]Cc1ccc(N(O)CC(=O)O)cc1.OCC1c2ccccc2-c2ccccc21.[Y].[Y]. The predicted octanol–water partition coefficient (Wildman–Crippen LogP) is 4.90. The predicted molar refractivity (Wildman–Crippen MR) is 128 cm³/mol.